The number of ether oxygens (including phenoxy) is 1. The summed E-state index contributed by atoms with van der Waals surface area (Å²) in [5, 5.41) is 3.08. The second kappa shape index (κ2) is 10.3. The van der Waals surface area contributed by atoms with E-state index in [1.165, 1.54) is 18.2 Å². The van der Waals surface area contributed by atoms with Gasteiger partial charge in [0.2, 0.25) is 5.91 Å². The first-order valence-corrected chi connectivity index (χ1v) is 11.6. The summed E-state index contributed by atoms with van der Waals surface area (Å²) in [5.74, 6) is 0.0446. The van der Waals surface area contributed by atoms with Crippen LogP contribution in [-0.2, 0) is 14.8 Å². The van der Waals surface area contributed by atoms with Crippen molar-refractivity contribution < 1.29 is 17.9 Å². The van der Waals surface area contributed by atoms with Crippen molar-refractivity contribution in [3.05, 3.63) is 96.0 Å². The van der Waals surface area contributed by atoms with Crippen LogP contribution in [0.1, 0.15) is 5.56 Å². The van der Waals surface area contributed by atoms with Crippen molar-refractivity contribution in [3.63, 3.8) is 0 Å². The van der Waals surface area contributed by atoms with Crippen LogP contribution in [0, 0.1) is 6.92 Å². The van der Waals surface area contributed by atoms with Crippen LogP contribution in [0.15, 0.2) is 90.3 Å². The molecule has 1 amide bonds. The highest BCUT2D eigenvalue weighted by molar-refractivity contribution is 7.92. The summed E-state index contributed by atoms with van der Waals surface area (Å²) in [5.41, 5.74) is 1.70. The third kappa shape index (κ3) is 5.90. The van der Waals surface area contributed by atoms with Crippen LogP contribution in [0.5, 0.6) is 5.75 Å². The molecule has 0 unspecified atom stereocenters. The lowest BCUT2D eigenvalue weighted by Crippen LogP contribution is -2.38. The standard InChI is InChI=1S/C24H23ClN2O4S/c1-3-14-31-22-9-5-7-20(16-22)26-24(28)17-27(21-8-4-6-19(25)15-21)32(29,30)23-12-10-18(2)11-13-23/h3-13,15-16H,1,14,17H2,2H3,(H,26,28). The van der Waals surface area contributed by atoms with E-state index in [1.807, 2.05) is 6.92 Å². The molecule has 3 rings (SSSR count). The molecule has 1 N–H and O–H groups in total. The van der Waals surface area contributed by atoms with Crippen LogP contribution >= 0.6 is 11.6 Å². The van der Waals surface area contributed by atoms with Gasteiger partial charge in [0.25, 0.3) is 10.0 Å². The lowest BCUT2D eigenvalue weighted by molar-refractivity contribution is -0.114. The molecule has 3 aromatic rings. The van der Waals surface area contributed by atoms with E-state index in [0.717, 1.165) is 9.87 Å². The van der Waals surface area contributed by atoms with Gasteiger partial charge in [-0.2, -0.15) is 0 Å². The number of hydrogen-bond acceptors (Lipinski definition) is 4. The predicted octanol–water partition coefficient (Wildman–Crippen LogP) is 5.05. The van der Waals surface area contributed by atoms with E-state index in [9.17, 15) is 13.2 Å². The van der Waals surface area contributed by atoms with E-state index in [0.29, 0.717) is 23.1 Å². The largest absolute Gasteiger partial charge is 0.489 e. The van der Waals surface area contributed by atoms with Crippen molar-refractivity contribution in [3.8, 4) is 5.75 Å². The van der Waals surface area contributed by atoms with Gasteiger partial charge < -0.3 is 10.1 Å². The smallest absolute Gasteiger partial charge is 0.264 e. The molecule has 0 fully saturated rings. The lowest BCUT2D eigenvalue weighted by Gasteiger charge is -2.24. The number of nitrogens with one attached hydrogen (secondary N) is 1. The number of carbonyl (C=O) groups excluding carboxylic acids is 1. The van der Waals surface area contributed by atoms with Crippen molar-refractivity contribution in [2.45, 2.75) is 11.8 Å². The first-order valence-electron chi connectivity index (χ1n) is 9.78. The fourth-order valence-electron chi connectivity index (χ4n) is 2.93. The van der Waals surface area contributed by atoms with Gasteiger partial charge in [-0.25, -0.2) is 8.42 Å². The average molecular weight is 471 g/mol. The monoisotopic (exact) mass is 470 g/mol. The molecule has 0 heterocycles. The van der Waals surface area contributed by atoms with E-state index < -0.39 is 22.5 Å². The summed E-state index contributed by atoms with van der Waals surface area (Å²) in [4.78, 5) is 12.9. The minimum Gasteiger partial charge on any atom is -0.489 e. The predicted molar refractivity (Wildman–Crippen MR) is 128 cm³/mol. The molecular formula is C24H23ClN2O4S. The Balaban J connectivity index is 1.88. The van der Waals surface area contributed by atoms with Gasteiger partial charge in [-0.1, -0.05) is 54.1 Å². The fourth-order valence-corrected chi connectivity index (χ4v) is 4.53. The molecule has 0 saturated heterocycles. The van der Waals surface area contributed by atoms with E-state index in [1.54, 1.807) is 60.7 Å². The molecule has 0 aliphatic rings. The Bertz CT molecular complexity index is 1210. The number of benzene rings is 3. The first kappa shape index (κ1) is 23.4. The zero-order chi connectivity index (χ0) is 23.1. The van der Waals surface area contributed by atoms with Crippen LogP contribution < -0.4 is 14.4 Å². The molecule has 0 spiro atoms. The Labute approximate surface area is 193 Å². The van der Waals surface area contributed by atoms with Crippen LogP contribution in [0.4, 0.5) is 11.4 Å². The molecule has 0 atom stereocenters. The van der Waals surface area contributed by atoms with Crippen LogP contribution in [-0.4, -0.2) is 27.5 Å². The topological polar surface area (TPSA) is 75.7 Å². The molecule has 0 bridgehead atoms. The van der Waals surface area contributed by atoms with Crippen molar-refractivity contribution in [2.75, 3.05) is 22.8 Å². The van der Waals surface area contributed by atoms with Gasteiger partial charge in [-0.05, 0) is 49.4 Å². The summed E-state index contributed by atoms with van der Waals surface area (Å²) in [6.07, 6.45) is 1.62. The van der Waals surface area contributed by atoms with E-state index >= 15 is 0 Å². The molecule has 0 aliphatic carbocycles. The van der Waals surface area contributed by atoms with Gasteiger partial charge in [-0.3, -0.25) is 9.10 Å². The number of amides is 1. The molecule has 0 aliphatic heterocycles. The van der Waals surface area contributed by atoms with Crippen LogP contribution in [0.3, 0.4) is 0 Å². The summed E-state index contributed by atoms with van der Waals surface area (Å²) >= 11 is 6.09. The number of rotatable bonds is 9. The van der Waals surface area contributed by atoms with Gasteiger partial charge in [-0.15, -0.1) is 0 Å². The third-order valence-corrected chi connectivity index (χ3v) is 6.50. The maximum absolute atomic E-state index is 13.4. The Morgan fingerprint density at radius 1 is 1.09 bits per heavy atom. The number of halogens is 1. The lowest BCUT2D eigenvalue weighted by atomic mass is 10.2. The van der Waals surface area contributed by atoms with E-state index in [-0.39, 0.29) is 10.6 Å². The number of carbonyl (C=O) groups is 1. The van der Waals surface area contributed by atoms with Gasteiger partial charge in [0.1, 0.15) is 18.9 Å². The SMILES string of the molecule is C=CCOc1cccc(NC(=O)CN(c2cccc(Cl)c2)S(=O)(=O)c2ccc(C)cc2)c1. The molecular weight excluding hydrogens is 448 g/mol. The molecule has 0 aromatic heterocycles. The zero-order valence-electron chi connectivity index (χ0n) is 17.5. The number of aryl methyl sites for hydroxylation is 1. The summed E-state index contributed by atoms with van der Waals surface area (Å²) in [7, 11) is -4.02. The molecule has 6 nitrogen and oxygen atoms in total. The molecule has 8 heteroatoms. The van der Waals surface area contributed by atoms with E-state index in [2.05, 4.69) is 11.9 Å². The number of nitrogens with zero attached hydrogens (tertiary/aromatic N) is 1. The molecule has 3 aromatic carbocycles. The van der Waals surface area contributed by atoms with Crippen LogP contribution in [0.2, 0.25) is 5.02 Å². The van der Waals surface area contributed by atoms with Crippen LogP contribution in [0.25, 0.3) is 0 Å². The Kier molecular flexibility index (Phi) is 7.56. The molecule has 166 valence electrons. The van der Waals surface area contributed by atoms with Crippen molar-refractivity contribution in [1.82, 2.24) is 0 Å². The van der Waals surface area contributed by atoms with E-state index in [4.69, 9.17) is 16.3 Å². The second-order valence-electron chi connectivity index (χ2n) is 6.98. The van der Waals surface area contributed by atoms with Gasteiger partial charge in [0.15, 0.2) is 0 Å². The number of hydrogen-bond donors (Lipinski definition) is 1. The molecule has 32 heavy (non-hydrogen) atoms. The minimum atomic E-state index is -4.02. The van der Waals surface area contributed by atoms with Crippen molar-refractivity contribution in [1.29, 1.82) is 0 Å². The number of anilines is 2. The maximum Gasteiger partial charge on any atom is 0.264 e. The van der Waals surface area contributed by atoms with Gasteiger partial charge in [0, 0.05) is 16.8 Å². The zero-order valence-corrected chi connectivity index (χ0v) is 19.1. The highest BCUT2D eigenvalue weighted by Gasteiger charge is 2.27. The van der Waals surface area contributed by atoms with Crippen molar-refractivity contribution >= 4 is 38.9 Å². The van der Waals surface area contributed by atoms with Crippen molar-refractivity contribution in [2.24, 2.45) is 0 Å². The summed E-state index contributed by atoms with van der Waals surface area (Å²) in [6, 6.07) is 19.6. The summed E-state index contributed by atoms with van der Waals surface area (Å²) < 4.78 is 33.3. The third-order valence-electron chi connectivity index (χ3n) is 4.48. The van der Waals surface area contributed by atoms with Gasteiger partial charge >= 0.3 is 0 Å². The highest BCUT2D eigenvalue weighted by Crippen LogP contribution is 2.26. The maximum atomic E-state index is 13.4. The molecule has 0 saturated carbocycles. The molecule has 0 radical (unpaired) electrons. The number of sulfonamides is 1. The van der Waals surface area contributed by atoms with Gasteiger partial charge in [0.05, 0.1) is 10.6 Å². The second-order valence-corrected chi connectivity index (χ2v) is 9.28. The Hall–Kier alpha value is -3.29. The summed E-state index contributed by atoms with van der Waals surface area (Å²) in [6.45, 7) is 5.36. The normalized spacial score (nSPS) is 10.9. The minimum absolute atomic E-state index is 0.0793. The fraction of sp³-hybridized carbons (Fsp3) is 0.125. The highest BCUT2D eigenvalue weighted by atomic mass is 35.5. The average Bonchev–Trinajstić information content (AvgIpc) is 2.76. The first-order chi connectivity index (χ1) is 15.3. The Morgan fingerprint density at radius 2 is 1.81 bits per heavy atom. The Morgan fingerprint density at radius 3 is 2.50 bits per heavy atom. The quantitative estimate of drug-likeness (QED) is 0.444.